The summed E-state index contributed by atoms with van der Waals surface area (Å²) >= 11 is 0. The second kappa shape index (κ2) is 4.69. The lowest BCUT2D eigenvalue weighted by Gasteiger charge is -1.93. The summed E-state index contributed by atoms with van der Waals surface area (Å²) in [4.78, 5) is 19.1. The molecule has 1 N–H and O–H groups in total. The van der Waals surface area contributed by atoms with Gasteiger partial charge in [-0.2, -0.15) is 4.68 Å². The van der Waals surface area contributed by atoms with Crippen LogP contribution < -0.4 is 5.76 Å². The summed E-state index contributed by atoms with van der Waals surface area (Å²) in [6, 6.07) is 7.65. The molecule has 0 radical (unpaired) electrons. The molecule has 0 unspecified atom stereocenters. The fourth-order valence-corrected chi connectivity index (χ4v) is 1.85. The first kappa shape index (κ1) is 11.7. The number of imidazole rings is 1. The number of aromatic nitrogens is 4. The van der Waals surface area contributed by atoms with Crippen LogP contribution in [-0.2, 0) is 17.9 Å². The molecule has 2 heterocycles. The van der Waals surface area contributed by atoms with Crippen LogP contribution in [-0.4, -0.2) is 26.9 Å². The van der Waals surface area contributed by atoms with Gasteiger partial charge in [0.1, 0.15) is 19.0 Å². The average molecular weight is 260 g/mol. The molecule has 7 nitrogen and oxygen atoms in total. The average Bonchev–Trinajstić information content (AvgIpc) is 2.94. The number of hydrogen-bond acceptors (Lipinski definition) is 5. The summed E-state index contributed by atoms with van der Waals surface area (Å²) in [5.41, 5.74) is 1.78. The van der Waals surface area contributed by atoms with Gasteiger partial charge < -0.3 is 14.1 Å². The van der Waals surface area contributed by atoms with Gasteiger partial charge in [0.2, 0.25) is 5.89 Å². The first-order valence-corrected chi connectivity index (χ1v) is 5.75. The van der Waals surface area contributed by atoms with Gasteiger partial charge in [-0.1, -0.05) is 12.1 Å². The maximum atomic E-state index is 11.6. The van der Waals surface area contributed by atoms with Crippen molar-refractivity contribution in [3.8, 4) is 0 Å². The number of aromatic amines is 1. The molecular weight excluding hydrogens is 248 g/mol. The molecule has 0 saturated carbocycles. The Balaban J connectivity index is 1.90. The molecule has 19 heavy (non-hydrogen) atoms. The lowest BCUT2D eigenvalue weighted by Crippen LogP contribution is -2.17. The van der Waals surface area contributed by atoms with E-state index in [1.165, 1.54) is 11.8 Å². The van der Waals surface area contributed by atoms with E-state index in [4.69, 9.17) is 9.15 Å². The van der Waals surface area contributed by atoms with Crippen molar-refractivity contribution in [3.05, 3.63) is 46.5 Å². The van der Waals surface area contributed by atoms with Crippen molar-refractivity contribution in [2.24, 2.45) is 0 Å². The van der Waals surface area contributed by atoms with Gasteiger partial charge in [0.25, 0.3) is 0 Å². The normalized spacial score (nSPS) is 11.2. The minimum Gasteiger partial charge on any atom is -0.390 e. The zero-order valence-electron chi connectivity index (χ0n) is 10.3. The lowest BCUT2D eigenvalue weighted by atomic mass is 10.3. The molecule has 0 spiro atoms. The number of hydrogen-bond donors (Lipinski definition) is 1. The van der Waals surface area contributed by atoms with Gasteiger partial charge in [-0.05, 0) is 12.1 Å². The van der Waals surface area contributed by atoms with E-state index in [1.807, 2.05) is 24.3 Å². The van der Waals surface area contributed by atoms with Crippen molar-refractivity contribution in [2.45, 2.75) is 13.2 Å². The number of fused-ring (bicyclic) bond motifs is 1. The van der Waals surface area contributed by atoms with E-state index in [-0.39, 0.29) is 19.0 Å². The summed E-state index contributed by atoms with van der Waals surface area (Å²) in [6.07, 6.45) is 0. The topological polar surface area (TPSA) is 85.9 Å². The number of para-hydroxylation sites is 2. The predicted octanol–water partition coefficient (Wildman–Crippen LogP) is 0.907. The zero-order chi connectivity index (χ0) is 13.2. The summed E-state index contributed by atoms with van der Waals surface area (Å²) in [5.74, 6) is 0.386. The number of rotatable bonds is 4. The van der Waals surface area contributed by atoms with Crippen molar-refractivity contribution in [2.75, 3.05) is 7.11 Å². The molecule has 98 valence electrons. The van der Waals surface area contributed by atoms with Crippen molar-refractivity contribution < 1.29 is 9.15 Å². The minimum atomic E-state index is -0.521. The van der Waals surface area contributed by atoms with Crippen LogP contribution in [0.25, 0.3) is 11.0 Å². The highest BCUT2D eigenvalue weighted by Crippen LogP contribution is 2.10. The Kier molecular flexibility index (Phi) is 2.88. The highest BCUT2D eigenvalue weighted by molar-refractivity contribution is 5.74. The molecule has 3 rings (SSSR count). The number of nitrogens with one attached hydrogen (secondary N) is 1. The lowest BCUT2D eigenvalue weighted by molar-refractivity contribution is 0.158. The summed E-state index contributed by atoms with van der Waals surface area (Å²) in [6.45, 7) is 0.406. The Labute approximate surface area is 107 Å². The van der Waals surface area contributed by atoms with Crippen LogP contribution in [0.4, 0.5) is 0 Å². The van der Waals surface area contributed by atoms with Crippen molar-refractivity contribution in [3.63, 3.8) is 0 Å². The highest BCUT2D eigenvalue weighted by Gasteiger charge is 2.10. The summed E-state index contributed by atoms with van der Waals surface area (Å²) in [5, 5.41) is 4.02. The Morgan fingerprint density at radius 1 is 1.42 bits per heavy atom. The van der Waals surface area contributed by atoms with E-state index >= 15 is 0 Å². The molecule has 0 amide bonds. The maximum Gasteiger partial charge on any atom is 0.437 e. The van der Waals surface area contributed by atoms with Gasteiger partial charge in [0.05, 0.1) is 11.0 Å². The van der Waals surface area contributed by atoms with Crippen LogP contribution in [0.15, 0.2) is 33.5 Å². The van der Waals surface area contributed by atoms with Crippen LogP contribution >= 0.6 is 0 Å². The predicted molar refractivity (Wildman–Crippen MR) is 66.7 cm³/mol. The fourth-order valence-electron chi connectivity index (χ4n) is 1.85. The SMILES string of the molecule is COCc1nn(Cc2nc3ccccc3[nH]2)c(=O)o1. The van der Waals surface area contributed by atoms with Gasteiger partial charge in [-0.3, -0.25) is 0 Å². The van der Waals surface area contributed by atoms with Crippen molar-refractivity contribution in [1.29, 1.82) is 0 Å². The molecule has 0 atom stereocenters. The van der Waals surface area contributed by atoms with Gasteiger partial charge in [0.15, 0.2) is 0 Å². The Bertz CT molecular complexity index is 723. The van der Waals surface area contributed by atoms with E-state index in [2.05, 4.69) is 15.1 Å². The first-order chi connectivity index (χ1) is 9.26. The van der Waals surface area contributed by atoms with E-state index < -0.39 is 5.76 Å². The first-order valence-electron chi connectivity index (χ1n) is 5.75. The molecule has 0 saturated heterocycles. The van der Waals surface area contributed by atoms with Crippen molar-refractivity contribution in [1.82, 2.24) is 19.7 Å². The Hall–Kier alpha value is -2.41. The maximum absolute atomic E-state index is 11.6. The number of benzene rings is 1. The molecule has 0 aliphatic rings. The number of methoxy groups -OCH3 is 1. The molecule has 0 aliphatic carbocycles. The standard InChI is InChI=1S/C12H12N4O3/c1-18-7-11-15-16(12(17)19-11)6-10-13-8-4-2-3-5-9(8)14-10/h2-5H,6-7H2,1H3,(H,13,14). The van der Waals surface area contributed by atoms with E-state index in [0.717, 1.165) is 11.0 Å². The van der Waals surface area contributed by atoms with E-state index in [1.54, 1.807) is 0 Å². The number of nitrogens with zero attached hydrogens (tertiary/aromatic N) is 3. The smallest absolute Gasteiger partial charge is 0.390 e. The monoisotopic (exact) mass is 260 g/mol. The van der Waals surface area contributed by atoms with Crippen molar-refractivity contribution >= 4 is 11.0 Å². The largest absolute Gasteiger partial charge is 0.437 e. The molecule has 7 heteroatoms. The molecule has 1 aromatic carbocycles. The highest BCUT2D eigenvalue weighted by atomic mass is 16.5. The van der Waals surface area contributed by atoms with Gasteiger partial charge in [-0.25, -0.2) is 9.78 Å². The number of H-pyrrole nitrogens is 1. The number of ether oxygens (including phenoxy) is 1. The molecule has 2 aromatic heterocycles. The molecule has 0 fully saturated rings. The van der Waals surface area contributed by atoms with E-state index in [0.29, 0.717) is 5.82 Å². The summed E-state index contributed by atoms with van der Waals surface area (Å²) in [7, 11) is 1.51. The zero-order valence-corrected chi connectivity index (χ0v) is 10.3. The van der Waals surface area contributed by atoms with Gasteiger partial charge >= 0.3 is 5.76 Å². The van der Waals surface area contributed by atoms with Crippen LogP contribution in [0.1, 0.15) is 11.7 Å². The minimum absolute atomic E-state index is 0.169. The molecule has 0 bridgehead atoms. The third kappa shape index (κ3) is 2.27. The van der Waals surface area contributed by atoms with Crippen LogP contribution in [0.3, 0.4) is 0 Å². The third-order valence-electron chi connectivity index (χ3n) is 2.65. The van der Waals surface area contributed by atoms with Gasteiger partial charge in [-0.15, -0.1) is 5.10 Å². The van der Waals surface area contributed by atoms with Gasteiger partial charge in [0, 0.05) is 7.11 Å². The molecule has 0 aliphatic heterocycles. The Morgan fingerprint density at radius 2 is 2.26 bits per heavy atom. The quantitative estimate of drug-likeness (QED) is 0.753. The molecular formula is C12H12N4O3. The third-order valence-corrected chi connectivity index (χ3v) is 2.65. The second-order valence-corrected chi connectivity index (χ2v) is 4.05. The van der Waals surface area contributed by atoms with Crippen LogP contribution in [0, 0.1) is 0 Å². The second-order valence-electron chi connectivity index (χ2n) is 4.05. The Morgan fingerprint density at radius 3 is 3.05 bits per heavy atom. The van der Waals surface area contributed by atoms with Crippen LogP contribution in [0.5, 0.6) is 0 Å². The summed E-state index contributed by atoms with van der Waals surface area (Å²) < 4.78 is 11.0. The van der Waals surface area contributed by atoms with Crippen LogP contribution in [0.2, 0.25) is 0 Å². The molecule has 3 aromatic rings. The van der Waals surface area contributed by atoms with E-state index in [9.17, 15) is 4.79 Å². The fraction of sp³-hybridized carbons (Fsp3) is 0.250.